The highest BCUT2D eigenvalue weighted by Gasteiger charge is 2.11. The maximum absolute atomic E-state index is 11.7. The standard InChI is InChI=1S/C15H14N2O4S/c1-3-8-17-13(18)12(22-15(17)20)9-16-11-6-4-10(5-7-11)14(19)21-2/h3-7,9,18H,1,8H2,2H3. The first-order chi connectivity index (χ1) is 10.6. The molecule has 2 rings (SSSR count). The fourth-order valence-corrected chi connectivity index (χ4v) is 2.49. The molecule has 7 heteroatoms. The molecule has 0 radical (unpaired) electrons. The number of hydrogen-bond acceptors (Lipinski definition) is 6. The SMILES string of the molecule is C=CCn1c(O)c(C=Nc2ccc(C(=O)OC)cc2)sc1=O. The third-order valence-corrected chi connectivity index (χ3v) is 3.73. The van der Waals surface area contributed by atoms with E-state index in [0.717, 1.165) is 11.3 Å². The largest absolute Gasteiger partial charge is 0.493 e. The Labute approximate surface area is 130 Å². The Morgan fingerprint density at radius 3 is 2.73 bits per heavy atom. The number of esters is 1. The van der Waals surface area contributed by atoms with Gasteiger partial charge in [-0.2, -0.15) is 0 Å². The summed E-state index contributed by atoms with van der Waals surface area (Å²) >= 11 is 0.898. The van der Waals surface area contributed by atoms with Crippen molar-refractivity contribution in [3.63, 3.8) is 0 Å². The van der Waals surface area contributed by atoms with Crippen LogP contribution in [0.2, 0.25) is 0 Å². The minimum absolute atomic E-state index is 0.134. The number of aromatic nitrogens is 1. The number of aromatic hydroxyl groups is 1. The van der Waals surface area contributed by atoms with Crippen molar-refractivity contribution in [2.45, 2.75) is 6.54 Å². The number of benzene rings is 1. The number of aliphatic imine (C=N–C) groups is 1. The molecule has 1 heterocycles. The van der Waals surface area contributed by atoms with Gasteiger partial charge in [0.05, 0.1) is 24.6 Å². The molecule has 0 aliphatic carbocycles. The molecule has 1 aromatic heterocycles. The molecule has 0 spiro atoms. The summed E-state index contributed by atoms with van der Waals surface area (Å²) in [6, 6.07) is 6.46. The lowest BCUT2D eigenvalue weighted by Gasteiger charge is -1.99. The van der Waals surface area contributed by atoms with Crippen LogP contribution in [0.5, 0.6) is 5.88 Å². The number of ether oxygens (including phenoxy) is 1. The quantitative estimate of drug-likeness (QED) is 0.521. The van der Waals surface area contributed by atoms with Crippen LogP contribution in [0, 0.1) is 0 Å². The summed E-state index contributed by atoms with van der Waals surface area (Å²) < 4.78 is 5.81. The fraction of sp³-hybridized carbons (Fsp3) is 0.133. The third-order valence-electron chi connectivity index (χ3n) is 2.82. The van der Waals surface area contributed by atoms with Crippen LogP contribution >= 0.6 is 11.3 Å². The Hall–Kier alpha value is -2.67. The molecule has 0 fully saturated rings. The van der Waals surface area contributed by atoms with E-state index in [9.17, 15) is 14.7 Å². The van der Waals surface area contributed by atoms with Gasteiger partial charge in [-0.25, -0.2) is 4.79 Å². The molecular weight excluding hydrogens is 304 g/mol. The average Bonchev–Trinajstić information content (AvgIpc) is 2.80. The highest BCUT2D eigenvalue weighted by molar-refractivity contribution is 7.11. The van der Waals surface area contributed by atoms with Crippen LogP contribution in [0.25, 0.3) is 0 Å². The van der Waals surface area contributed by atoms with Crippen LogP contribution in [-0.2, 0) is 11.3 Å². The predicted octanol–water partition coefficient (Wildman–Crippen LogP) is 2.34. The molecule has 1 N–H and O–H groups in total. The Morgan fingerprint density at radius 1 is 1.45 bits per heavy atom. The van der Waals surface area contributed by atoms with Crippen LogP contribution < -0.4 is 4.87 Å². The van der Waals surface area contributed by atoms with Gasteiger partial charge in [-0.05, 0) is 24.3 Å². The minimum Gasteiger partial charge on any atom is -0.493 e. The molecule has 6 nitrogen and oxygen atoms in total. The molecule has 0 saturated carbocycles. The van der Waals surface area contributed by atoms with Crippen LogP contribution in [0.1, 0.15) is 15.2 Å². The van der Waals surface area contributed by atoms with E-state index >= 15 is 0 Å². The van der Waals surface area contributed by atoms with Crippen molar-refractivity contribution in [2.24, 2.45) is 4.99 Å². The number of rotatable bonds is 5. The number of thiazole rings is 1. The number of nitrogens with zero attached hydrogens (tertiary/aromatic N) is 2. The van der Waals surface area contributed by atoms with Crippen LogP contribution in [0.4, 0.5) is 5.69 Å². The zero-order valence-corrected chi connectivity index (χ0v) is 12.7. The van der Waals surface area contributed by atoms with Crippen LogP contribution in [-0.4, -0.2) is 29.0 Å². The molecule has 22 heavy (non-hydrogen) atoms. The van der Waals surface area contributed by atoms with E-state index in [0.29, 0.717) is 16.1 Å². The molecule has 0 bridgehead atoms. The molecule has 2 aromatic rings. The third kappa shape index (κ3) is 3.32. The van der Waals surface area contributed by atoms with Crippen molar-refractivity contribution in [1.82, 2.24) is 4.57 Å². The highest BCUT2D eigenvalue weighted by Crippen LogP contribution is 2.20. The normalized spacial score (nSPS) is 10.8. The molecule has 0 unspecified atom stereocenters. The Bertz CT molecular complexity index is 772. The second kappa shape index (κ2) is 6.86. The summed E-state index contributed by atoms with van der Waals surface area (Å²) in [4.78, 5) is 27.2. The Kier molecular flexibility index (Phi) is 4.90. The summed E-state index contributed by atoms with van der Waals surface area (Å²) in [7, 11) is 1.31. The van der Waals surface area contributed by atoms with Gasteiger partial charge in [0.1, 0.15) is 4.88 Å². The van der Waals surface area contributed by atoms with E-state index in [1.165, 1.54) is 24.0 Å². The van der Waals surface area contributed by atoms with E-state index in [1.807, 2.05) is 0 Å². The monoisotopic (exact) mass is 318 g/mol. The lowest BCUT2D eigenvalue weighted by molar-refractivity contribution is 0.0601. The zero-order valence-electron chi connectivity index (χ0n) is 11.9. The maximum Gasteiger partial charge on any atom is 0.337 e. The van der Waals surface area contributed by atoms with Gasteiger partial charge in [0.25, 0.3) is 0 Å². The number of allylic oxidation sites excluding steroid dienone is 1. The lowest BCUT2D eigenvalue weighted by atomic mass is 10.2. The lowest BCUT2D eigenvalue weighted by Crippen LogP contribution is -2.10. The molecule has 0 aliphatic heterocycles. The molecular formula is C15H14N2O4S. The molecule has 0 atom stereocenters. The van der Waals surface area contributed by atoms with Crippen LogP contribution in [0.3, 0.4) is 0 Å². The van der Waals surface area contributed by atoms with Gasteiger partial charge in [0.2, 0.25) is 5.88 Å². The topological polar surface area (TPSA) is 80.9 Å². The first-order valence-corrected chi connectivity index (χ1v) is 7.14. The fourth-order valence-electron chi connectivity index (χ4n) is 1.72. The van der Waals surface area contributed by atoms with Crippen molar-refractivity contribution in [1.29, 1.82) is 0 Å². The summed E-state index contributed by atoms with van der Waals surface area (Å²) in [5.41, 5.74) is 1.01. The summed E-state index contributed by atoms with van der Waals surface area (Å²) in [5.74, 6) is -0.558. The van der Waals surface area contributed by atoms with Gasteiger partial charge in [-0.3, -0.25) is 14.4 Å². The van der Waals surface area contributed by atoms with Gasteiger partial charge >= 0.3 is 10.8 Å². The average molecular weight is 318 g/mol. The molecule has 1 aromatic carbocycles. The van der Waals surface area contributed by atoms with E-state index in [1.54, 1.807) is 24.3 Å². The predicted molar refractivity (Wildman–Crippen MR) is 85.5 cm³/mol. The maximum atomic E-state index is 11.7. The van der Waals surface area contributed by atoms with E-state index in [-0.39, 0.29) is 17.3 Å². The second-order valence-corrected chi connectivity index (χ2v) is 5.24. The van der Waals surface area contributed by atoms with Crippen molar-refractivity contribution >= 4 is 29.2 Å². The number of methoxy groups -OCH3 is 1. The Morgan fingerprint density at radius 2 is 2.14 bits per heavy atom. The van der Waals surface area contributed by atoms with Crippen molar-refractivity contribution < 1.29 is 14.6 Å². The second-order valence-electron chi connectivity index (χ2n) is 4.25. The number of carbonyl (C=O) groups excluding carboxylic acids is 1. The van der Waals surface area contributed by atoms with Gasteiger partial charge in [-0.1, -0.05) is 17.4 Å². The summed E-state index contributed by atoms with van der Waals surface area (Å²) in [6.45, 7) is 3.77. The highest BCUT2D eigenvalue weighted by atomic mass is 32.1. The summed E-state index contributed by atoms with van der Waals surface area (Å²) in [5, 5.41) is 9.94. The minimum atomic E-state index is -0.423. The molecule has 0 aliphatic rings. The smallest absolute Gasteiger partial charge is 0.337 e. The van der Waals surface area contributed by atoms with Crippen LogP contribution in [0.15, 0.2) is 46.7 Å². The summed E-state index contributed by atoms with van der Waals surface area (Å²) in [6.07, 6.45) is 2.94. The molecule has 114 valence electrons. The van der Waals surface area contributed by atoms with Gasteiger partial charge in [-0.15, -0.1) is 6.58 Å². The molecule has 0 amide bonds. The van der Waals surface area contributed by atoms with E-state index in [2.05, 4.69) is 16.3 Å². The van der Waals surface area contributed by atoms with Gasteiger partial charge in [0.15, 0.2) is 0 Å². The van der Waals surface area contributed by atoms with E-state index in [4.69, 9.17) is 0 Å². The van der Waals surface area contributed by atoms with Crippen molar-refractivity contribution in [2.75, 3.05) is 7.11 Å². The van der Waals surface area contributed by atoms with Gasteiger partial charge < -0.3 is 9.84 Å². The van der Waals surface area contributed by atoms with E-state index < -0.39 is 5.97 Å². The van der Waals surface area contributed by atoms with Crippen molar-refractivity contribution in [3.8, 4) is 5.88 Å². The molecule has 0 saturated heterocycles. The van der Waals surface area contributed by atoms with Gasteiger partial charge in [0, 0.05) is 6.54 Å². The Balaban J connectivity index is 2.22. The first kappa shape index (κ1) is 15.7. The van der Waals surface area contributed by atoms with Crippen molar-refractivity contribution in [3.05, 3.63) is 57.0 Å². The number of hydrogen-bond donors (Lipinski definition) is 1. The first-order valence-electron chi connectivity index (χ1n) is 6.32. The number of carbonyl (C=O) groups is 1. The zero-order chi connectivity index (χ0) is 16.1.